The zero-order chi connectivity index (χ0) is 20.8. The fourth-order valence-corrected chi connectivity index (χ4v) is 3.26. The van der Waals surface area contributed by atoms with Gasteiger partial charge >= 0.3 is 0 Å². The van der Waals surface area contributed by atoms with Gasteiger partial charge in [0.25, 0.3) is 0 Å². The second-order valence-electron chi connectivity index (χ2n) is 7.61. The molecule has 154 valence electrons. The van der Waals surface area contributed by atoms with E-state index in [0.717, 1.165) is 17.0 Å². The molecule has 1 aromatic heterocycles. The van der Waals surface area contributed by atoms with Gasteiger partial charge in [0.15, 0.2) is 0 Å². The Morgan fingerprint density at radius 2 is 1.86 bits per heavy atom. The number of aromatic nitrogens is 4. The molecule has 0 aliphatic carbocycles. The first-order valence-electron chi connectivity index (χ1n) is 9.92. The molecule has 2 unspecified atom stereocenters. The van der Waals surface area contributed by atoms with Gasteiger partial charge < -0.3 is 15.2 Å². The fourth-order valence-electron chi connectivity index (χ4n) is 3.26. The number of aryl methyl sites for hydroxylation is 1. The van der Waals surface area contributed by atoms with Crippen molar-refractivity contribution in [1.82, 2.24) is 25.5 Å². The van der Waals surface area contributed by atoms with Crippen molar-refractivity contribution < 1.29 is 9.84 Å². The van der Waals surface area contributed by atoms with Gasteiger partial charge in [-0.15, -0.1) is 5.10 Å². The van der Waals surface area contributed by atoms with E-state index in [1.165, 1.54) is 11.1 Å². The third-order valence-corrected chi connectivity index (χ3v) is 4.97. The van der Waals surface area contributed by atoms with Crippen LogP contribution in [0.5, 0.6) is 5.75 Å². The van der Waals surface area contributed by atoms with Crippen LogP contribution in [0.3, 0.4) is 0 Å². The molecule has 3 aromatic rings. The minimum Gasteiger partial charge on any atom is -0.491 e. The highest BCUT2D eigenvalue weighted by atomic mass is 16.5. The number of hydrogen-bond donors (Lipinski definition) is 2. The Morgan fingerprint density at radius 3 is 2.48 bits per heavy atom. The second kappa shape index (κ2) is 9.62. The predicted molar refractivity (Wildman–Crippen MR) is 112 cm³/mol. The largest absolute Gasteiger partial charge is 0.491 e. The molecule has 1 heterocycles. The van der Waals surface area contributed by atoms with Crippen molar-refractivity contribution in [2.75, 3.05) is 13.2 Å². The number of aliphatic hydroxyl groups is 1. The van der Waals surface area contributed by atoms with E-state index in [2.05, 4.69) is 54.6 Å². The number of aliphatic hydroxyl groups excluding tert-OH is 1. The molecule has 0 saturated heterocycles. The average Bonchev–Trinajstić information content (AvgIpc) is 3.25. The van der Waals surface area contributed by atoms with Crippen LogP contribution in [-0.4, -0.2) is 44.6 Å². The number of nitrogens with one attached hydrogen (secondary N) is 1. The average molecular weight is 396 g/mol. The number of hydrogen-bond acceptors (Lipinski definition) is 6. The molecule has 0 aliphatic heterocycles. The van der Waals surface area contributed by atoms with Crippen molar-refractivity contribution in [3.63, 3.8) is 0 Å². The molecule has 0 radical (unpaired) electrons. The molecule has 2 aromatic carbocycles. The van der Waals surface area contributed by atoms with Crippen molar-refractivity contribution >= 4 is 0 Å². The summed E-state index contributed by atoms with van der Waals surface area (Å²) in [7, 11) is 0. The summed E-state index contributed by atoms with van der Waals surface area (Å²) in [6.07, 6.45) is 0.966. The fraction of sp³-hybridized carbons (Fsp3) is 0.409. The van der Waals surface area contributed by atoms with Crippen LogP contribution < -0.4 is 10.1 Å². The highest BCUT2D eigenvalue weighted by molar-refractivity contribution is 5.36. The van der Waals surface area contributed by atoms with E-state index in [1.807, 2.05) is 36.4 Å². The van der Waals surface area contributed by atoms with Crippen LogP contribution in [0, 0.1) is 6.92 Å². The zero-order valence-corrected chi connectivity index (χ0v) is 17.4. The summed E-state index contributed by atoms with van der Waals surface area (Å²) < 4.78 is 7.38. The molecular weight excluding hydrogens is 366 g/mol. The highest BCUT2D eigenvalue weighted by Crippen LogP contribution is 2.23. The molecular formula is C22H29N5O2. The van der Waals surface area contributed by atoms with Crippen LogP contribution >= 0.6 is 0 Å². The van der Waals surface area contributed by atoms with Gasteiger partial charge in [-0.25, -0.2) is 4.68 Å². The van der Waals surface area contributed by atoms with Gasteiger partial charge in [0.1, 0.15) is 24.8 Å². The van der Waals surface area contributed by atoms with Crippen LogP contribution in [0.15, 0.2) is 48.8 Å². The number of benzene rings is 2. The van der Waals surface area contributed by atoms with Crippen LogP contribution in [0.1, 0.15) is 49.4 Å². The quantitative estimate of drug-likeness (QED) is 0.579. The number of rotatable bonds is 9. The molecule has 3 rings (SSSR count). The molecule has 0 spiro atoms. The first-order chi connectivity index (χ1) is 13.9. The van der Waals surface area contributed by atoms with E-state index in [0.29, 0.717) is 12.5 Å². The summed E-state index contributed by atoms with van der Waals surface area (Å²) in [6, 6.07) is 14.2. The lowest BCUT2D eigenvalue weighted by atomic mass is 9.98. The van der Waals surface area contributed by atoms with Gasteiger partial charge in [-0.1, -0.05) is 32.0 Å². The molecule has 0 saturated carbocycles. The van der Waals surface area contributed by atoms with E-state index in [-0.39, 0.29) is 12.6 Å². The molecule has 7 heteroatoms. The van der Waals surface area contributed by atoms with Crippen molar-refractivity contribution in [1.29, 1.82) is 0 Å². The third-order valence-electron chi connectivity index (χ3n) is 4.97. The molecule has 29 heavy (non-hydrogen) atoms. The van der Waals surface area contributed by atoms with Crippen molar-refractivity contribution in [3.05, 3.63) is 65.5 Å². The standard InChI is InChI=1S/C22H29N5O2/c1-15(2)22-10-9-21(11-16(22)3)29-13-20(28)12-23-17(4)18-5-7-19(8-6-18)27-14-24-25-26-27/h5-11,14-15,17,20,23,28H,12-13H2,1-4H3. The minimum atomic E-state index is -0.594. The second-order valence-corrected chi connectivity index (χ2v) is 7.61. The molecule has 0 fully saturated rings. The minimum absolute atomic E-state index is 0.0974. The van der Waals surface area contributed by atoms with Crippen LogP contribution in [0.2, 0.25) is 0 Å². The van der Waals surface area contributed by atoms with Crippen LogP contribution in [0.25, 0.3) is 5.69 Å². The topological polar surface area (TPSA) is 85.1 Å². The van der Waals surface area contributed by atoms with Gasteiger partial charge in [-0.2, -0.15) is 0 Å². The number of tetrazole rings is 1. The summed E-state index contributed by atoms with van der Waals surface area (Å²) in [5, 5.41) is 24.8. The highest BCUT2D eigenvalue weighted by Gasteiger charge is 2.11. The van der Waals surface area contributed by atoms with E-state index >= 15 is 0 Å². The monoisotopic (exact) mass is 395 g/mol. The smallest absolute Gasteiger partial charge is 0.143 e. The lowest BCUT2D eigenvalue weighted by Crippen LogP contribution is -2.33. The normalized spacial score (nSPS) is 13.4. The Hall–Kier alpha value is -2.77. The Bertz CT molecular complexity index is 894. The molecule has 0 aliphatic rings. The maximum Gasteiger partial charge on any atom is 0.143 e. The molecule has 2 N–H and O–H groups in total. The summed E-state index contributed by atoms with van der Waals surface area (Å²) in [6.45, 7) is 9.20. The van der Waals surface area contributed by atoms with E-state index in [1.54, 1.807) is 11.0 Å². The summed E-state index contributed by atoms with van der Waals surface area (Å²) in [5.74, 6) is 1.28. The van der Waals surface area contributed by atoms with Crippen LogP contribution in [0.4, 0.5) is 0 Å². The maximum atomic E-state index is 10.3. The molecule has 7 nitrogen and oxygen atoms in total. The Balaban J connectivity index is 1.46. The Morgan fingerprint density at radius 1 is 1.10 bits per heavy atom. The Kier molecular flexibility index (Phi) is 6.95. The van der Waals surface area contributed by atoms with Crippen molar-refractivity contribution in [2.24, 2.45) is 0 Å². The van der Waals surface area contributed by atoms with Crippen molar-refractivity contribution in [3.8, 4) is 11.4 Å². The van der Waals surface area contributed by atoms with Gasteiger partial charge in [0.05, 0.1) is 5.69 Å². The third kappa shape index (κ3) is 5.62. The number of ether oxygens (including phenoxy) is 1. The molecule has 0 amide bonds. The SMILES string of the molecule is Cc1cc(OCC(O)CNC(C)c2ccc(-n3cnnn3)cc2)ccc1C(C)C. The summed E-state index contributed by atoms with van der Waals surface area (Å²) in [4.78, 5) is 0. The number of nitrogens with zero attached hydrogens (tertiary/aromatic N) is 4. The zero-order valence-electron chi connectivity index (χ0n) is 17.4. The van der Waals surface area contributed by atoms with E-state index in [4.69, 9.17) is 4.74 Å². The maximum absolute atomic E-state index is 10.3. The van der Waals surface area contributed by atoms with Gasteiger partial charge in [0, 0.05) is 12.6 Å². The van der Waals surface area contributed by atoms with E-state index in [9.17, 15) is 5.11 Å². The summed E-state index contributed by atoms with van der Waals surface area (Å²) in [5.41, 5.74) is 4.55. The van der Waals surface area contributed by atoms with Crippen molar-refractivity contribution in [2.45, 2.75) is 45.8 Å². The predicted octanol–water partition coefficient (Wildman–Crippen LogP) is 3.18. The lowest BCUT2D eigenvalue weighted by Gasteiger charge is -2.19. The van der Waals surface area contributed by atoms with Gasteiger partial charge in [0.2, 0.25) is 0 Å². The first kappa shape index (κ1) is 21.0. The molecule has 0 bridgehead atoms. The van der Waals surface area contributed by atoms with Crippen LogP contribution in [-0.2, 0) is 0 Å². The molecule has 2 atom stereocenters. The Labute approximate surface area is 171 Å². The van der Waals surface area contributed by atoms with Gasteiger partial charge in [-0.05, 0) is 71.1 Å². The van der Waals surface area contributed by atoms with Gasteiger partial charge in [-0.3, -0.25) is 0 Å². The summed E-state index contributed by atoms with van der Waals surface area (Å²) >= 11 is 0. The lowest BCUT2D eigenvalue weighted by molar-refractivity contribution is 0.104. The first-order valence-corrected chi connectivity index (χ1v) is 9.92. The van der Waals surface area contributed by atoms with E-state index < -0.39 is 6.10 Å².